The van der Waals surface area contributed by atoms with Gasteiger partial charge in [0.05, 0.1) is 23.3 Å². The van der Waals surface area contributed by atoms with Gasteiger partial charge in [-0.3, -0.25) is 0 Å². The van der Waals surface area contributed by atoms with E-state index in [0.717, 1.165) is 43.2 Å². The van der Waals surface area contributed by atoms with E-state index >= 15 is 0 Å². The molecule has 1 aromatic carbocycles. The number of alkyl halides is 2. The minimum atomic E-state index is -2.88. The quantitative estimate of drug-likeness (QED) is 0.568. The highest BCUT2D eigenvalue weighted by Crippen LogP contribution is 2.31. The standard InChI is InChI=1S/C23H26F3N5O/c1-13(16-4-3-5-17(21(16)24)22(25)26)28-23-18-10-20(27-11-19(18)29-14(2)30-23)31-8-6-15(12-32)7-9-31/h3-5,10-11,13,15,22,32H,6-9,12H2,1-2H3,(H,28,29,30)/t13-/m1/s1. The topological polar surface area (TPSA) is 74.2 Å². The first-order valence-corrected chi connectivity index (χ1v) is 10.7. The summed E-state index contributed by atoms with van der Waals surface area (Å²) in [6, 6.07) is 5.32. The van der Waals surface area contributed by atoms with Crippen LogP contribution < -0.4 is 10.2 Å². The maximum absolute atomic E-state index is 14.7. The number of hydrogen-bond donors (Lipinski definition) is 2. The Hall–Kier alpha value is -2.94. The number of nitrogens with one attached hydrogen (secondary N) is 1. The van der Waals surface area contributed by atoms with Crippen LogP contribution in [0.2, 0.25) is 0 Å². The number of nitrogens with zero attached hydrogens (tertiary/aromatic N) is 4. The van der Waals surface area contributed by atoms with E-state index in [1.807, 2.05) is 6.07 Å². The monoisotopic (exact) mass is 445 g/mol. The molecular formula is C23H26F3N5O. The summed E-state index contributed by atoms with van der Waals surface area (Å²) in [4.78, 5) is 15.6. The van der Waals surface area contributed by atoms with Crippen molar-refractivity contribution < 1.29 is 18.3 Å². The number of aryl methyl sites for hydroxylation is 1. The summed E-state index contributed by atoms with van der Waals surface area (Å²) in [6.07, 6.45) is 0.587. The summed E-state index contributed by atoms with van der Waals surface area (Å²) >= 11 is 0. The fourth-order valence-electron chi connectivity index (χ4n) is 4.12. The molecule has 0 spiro atoms. The van der Waals surface area contributed by atoms with Gasteiger partial charge >= 0.3 is 0 Å². The molecule has 0 radical (unpaired) electrons. The maximum Gasteiger partial charge on any atom is 0.266 e. The molecule has 2 N–H and O–H groups in total. The summed E-state index contributed by atoms with van der Waals surface area (Å²) in [5, 5.41) is 13.3. The zero-order chi connectivity index (χ0) is 22.8. The molecule has 9 heteroatoms. The molecule has 1 aliphatic rings. The maximum atomic E-state index is 14.7. The van der Waals surface area contributed by atoms with Gasteiger partial charge in [-0.2, -0.15) is 0 Å². The van der Waals surface area contributed by atoms with E-state index in [-0.39, 0.29) is 12.2 Å². The Morgan fingerprint density at radius 1 is 1.19 bits per heavy atom. The van der Waals surface area contributed by atoms with Gasteiger partial charge in [0.1, 0.15) is 23.3 Å². The zero-order valence-electron chi connectivity index (χ0n) is 18.0. The second-order valence-corrected chi connectivity index (χ2v) is 8.21. The van der Waals surface area contributed by atoms with Gasteiger partial charge in [0.2, 0.25) is 0 Å². The lowest BCUT2D eigenvalue weighted by Gasteiger charge is -2.32. The van der Waals surface area contributed by atoms with Gasteiger partial charge in [0, 0.05) is 30.6 Å². The molecule has 0 saturated carbocycles. The van der Waals surface area contributed by atoms with E-state index in [9.17, 15) is 18.3 Å². The van der Waals surface area contributed by atoms with Crippen LogP contribution in [-0.2, 0) is 0 Å². The second kappa shape index (κ2) is 9.28. The first kappa shape index (κ1) is 22.3. The van der Waals surface area contributed by atoms with E-state index in [1.54, 1.807) is 20.0 Å². The lowest BCUT2D eigenvalue weighted by Crippen LogP contribution is -2.35. The Balaban J connectivity index is 1.65. The van der Waals surface area contributed by atoms with E-state index in [0.29, 0.717) is 23.1 Å². The molecular weight excluding hydrogens is 419 g/mol. The number of piperidine rings is 1. The van der Waals surface area contributed by atoms with Crippen molar-refractivity contribution in [2.24, 2.45) is 5.92 Å². The van der Waals surface area contributed by atoms with Crippen LogP contribution in [0.5, 0.6) is 0 Å². The molecule has 1 saturated heterocycles. The van der Waals surface area contributed by atoms with Crippen LogP contribution in [0.15, 0.2) is 30.5 Å². The summed E-state index contributed by atoms with van der Waals surface area (Å²) < 4.78 is 40.9. The van der Waals surface area contributed by atoms with Gasteiger partial charge in [0.25, 0.3) is 6.43 Å². The number of halogens is 3. The smallest absolute Gasteiger partial charge is 0.266 e. The molecule has 0 aliphatic carbocycles. The van der Waals surface area contributed by atoms with Gasteiger partial charge in [0.15, 0.2) is 0 Å². The second-order valence-electron chi connectivity index (χ2n) is 8.21. The van der Waals surface area contributed by atoms with E-state index in [4.69, 9.17) is 0 Å². The third kappa shape index (κ3) is 4.48. The number of anilines is 2. The van der Waals surface area contributed by atoms with Crippen LogP contribution in [0.3, 0.4) is 0 Å². The van der Waals surface area contributed by atoms with Crippen molar-refractivity contribution in [3.63, 3.8) is 0 Å². The number of fused-ring (bicyclic) bond motifs is 1. The van der Waals surface area contributed by atoms with Crippen molar-refractivity contribution in [3.05, 3.63) is 53.2 Å². The number of benzene rings is 1. The average Bonchev–Trinajstić information content (AvgIpc) is 2.78. The van der Waals surface area contributed by atoms with Crippen molar-refractivity contribution in [2.75, 3.05) is 29.9 Å². The Kier molecular flexibility index (Phi) is 6.45. The molecule has 32 heavy (non-hydrogen) atoms. The lowest BCUT2D eigenvalue weighted by atomic mass is 9.98. The van der Waals surface area contributed by atoms with Crippen molar-refractivity contribution >= 4 is 22.5 Å². The number of hydrogen-bond acceptors (Lipinski definition) is 6. The number of rotatable bonds is 6. The number of pyridine rings is 1. The predicted octanol–water partition coefficient (Wildman–Crippen LogP) is 4.79. The summed E-state index contributed by atoms with van der Waals surface area (Å²) in [6.45, 7) is 5.24. The minimum absolute atomic E-state index is 0.146. The summed E-state index contributed by atoms with van der Waals surface area (Å²) in [5.74, 6) is 1.20. The van der Waals surface area contributed by atoms with Gasteiger partial charge in [-0.15, -0.1) is 0 Å². The highest BCUT2D eigenvalue weighted by atomic mass is 19.3. The largest absolute Gasteiger partial charge is 0.396 e. The van der Waals surface area contributed by atoms with Crippen LogP contribution in [0, 0.1) is 18.7 Å². The molecule has 0 bridgehead atoms. The first-order chi connectivity index (χ1) is 15.4. The molecule has 6 nitrogen and oxygen atoms in total. The van der Waals surface area contributed by atoms with Crippen LogP contribution in [0.25, 0.3) is 10.9 Å². The highest BCUT2D eigenvalue weighted by molar-refractivity contribution is 5.90. The van der Waals surface area contributed by atoms with Gasteiger partial charge in [-0.05, 0) is 38.7 Å². The van der Waals surface area contributed by atoms with Crippen LogP contribution >= 0.6 is 0 Å². The third-order valence-electron chi connectivity index (χ3n) is 5.99. The van der Waals surface area contributed by atoms with Crippen LogP contribution in [-0.4, -0.2) is 39.8 Å². The van der Waals surface area contributed by atoms with Gasteiger partial charge in [-0.25, -0.2) is 28.1 Å². The zero-order valence-corrected chi connectivity index (χ0v) is 18.0. The van der Waals surface area contributed by atoms with Crippen molar-refractivity contribution in [1.82, 2.24) is 15.0 Å². The number of aliphatic hydroxyl groups is 1. The minimum Gasteiger partial charge on any atom is -0.396 e. The van der Waals surface area contributed by atoms with Crippen LogP contribution in [0.1, 0.15) is 49.2 Å². The van der Waals surface area contributed by atoms with Crippen molar-refractivity contribution in [3.8, 4) is 0 Å². The number of aromatic nitrogens is 3. The Morgan fingerprint density at radius 2 is 1.91 bits per heavy atom. The van der Waals surface area contributed by atoms with Crippen molar-refractivity contribution in [2.45, 2.75) is 39.2 Å². The molecule has 3 heterocycles. The average molecular weight is 445 g/mol. The third-order valence-corrected chi connectivity index (χ3v) is 5.99. The molecule has 2 aromatic heterocycles. The van der Waals surface area contributed by atoms with E-state index < -0.39 is 23.8 Å². The Morgan fingerprint density at radius 3 is 2.59 bits per heavy atom. The Labute approximate surface area is 184 Å². The molecule has 1 atom stereocenters. The summed E-state index contributed by atoms with van der Waals surface area (Å²) in [7, 11) is 0. The Bertz CT molecular complexity index is 1100. The molecule has 0 amide bonds. The fourth-order valence-corrected chi connectivity index (χ4v) is 4.12. The van der Waals surface area contributed by atoms with E-state index in [2.05, 4.69) is 25.2 Å². The van der Waals surface area contributed by atoms with Gasteiger partial charge in [-0.1, -0.05) is 18.2 Å². The van der Waals surface area contributed by atoms with E-state index in [1.165, 1.54) is 12.1 Å². The first-order valence-electron chi connectivity index (χ1n) is 10.7. The molecule has 1 aliphatic heterocycles. The molecule has 170 valence electrons. The summed E-state index contributed by atoms with van der Waals surface area (Å²) in [5.41, 5.74) is 0.174. The SMILES string of the molecule is Cc1nc(N[C@H](C)c2cccc(C(F)F)c2F)c2cc(N3CCC(CO)CC3)ncc2n1. The lowest BCUT2D eigenvalue weighted by molar-refractivity contribution is 0.146. The van der Waals surface area contributed by atoms with Crippen molar-refractivity contribution in [1.29, 1.82) is 0 Å². The van der Waals surface area contributed by atoms with Crippen LogP contribution in [0.4, 0.5) is 24.8 Å². The predicted molar refractivity (Wildman–Crippen MR) is 117 cm³/mol. The normalized spacial score (nSPS) is 16.0. The van der Waals surface area contributed by atoms with Gasteiger partial charge < -0.3 is 15.3 Å². The number of aliphatic hydroxyl groups excluding tert-OH is 1. The molecule has 4 rings (SSSR count). The molecule has 3 aromatic rings. The highest BCUT2D eigenvalue weighted by Gasteiger charge is 2.22. The molecule has 1 fully saturated rings. The molecule has 0 unspecified atom stereocenters. The fraction of sp³-hybridized carbons (Fsp3) is 0.435.